The number of aliphatic carboxylic acids is 3. The average molecular weight is 521 g/mol. The summed E-state index contributed by atoms with van der Waals surface area (Å²) in [6, 6.07) is 8.18. The molecule has 202 valence electrons. The van der Waals surface area contributed by atoms with Crippen LogP contribution in [0, 0.1) is 0 Å². The topological polar surface area (TPSA) is 206 Å². The van der Waals surface area contributed by atoms with E-state index in [0.717, 1.165) is 50.4 Å². The van der Waals surface area contributed by atoms with Gasteiger partial charge < -0.3 is 35.6 Å². The van der Waals surface area contributed by atoms with E-state index >= 15 is 0 Å². The molecule has 0 bridgehead atoms. The highest BCUT2D eigenvalue weighted by atomic mass is 16.5. The molecular formula is C24H32N4O9. The van der Waals surface area contributed by atoms with Crippen LogP contribution in [-0.4, -0.2) is 85.2 Å². The van der Waals surface area contributed by atoms with Gasteiger partial charge in [0.2, 0.25) is 5.95 Å². The van der Waals surface area contributed by atoms with Crippen molar-refractivity contribution in [1.29, 1.82) is 0 Å². The molecule has 1 fully saturated rings. The number of carbonyl (C=O) groups is 3. The summed E-state index contributed by atoms with van der Waals surface area (Å²) >= 11 is 0. The molecule has 1 aliphatic heterocycles. The summed E-state index contributed by atoms with van der Waals surface area (Å²) in [6.07, 6.45) is 3.86. The van der Waals surface area contributed by atoms with E-state index in [4.69, 9.17) is 35.6 Å². The van der Waals surface area contributed by atoms with E-state index in [0.29, 0.717) is 12.1 Å². The molecule has 1 saturated heterocycles. The molecule has 1 aromatic heterocycles. The lowest BCUT2D eigenvalue weighted by Crippen LogP contribution is -2.42. The van der Waals surface area contributed by atoms with Crippen molar-refractivity contribution in [2.45, 2.75) is 50.5 Å². The van der Waals surface area contributed by atoms with Crippen LogP contribution in [0.25, 0.3) is 0 Å². The van der Waals surface area contributed by atoms with E-state index in [-0.39, 0.29) is 0 Å². The largest absolute Gasteiger partial charge is 0.497 e. The average Bonchev–Trinajstić information content (AvgIpc) is 3.33. The Hall–Kier alpha value is -3.81. The van der Waals surface area contributed by atoms with E-state index in [1.807, 2.05) is 12.1 Å². The molecule has 1 unspecified atom stereocenters. The number of carboxylic acid groups (broad SMARTS) is 3. The number of nitrogens with two attached hydrogens (primary N) is 1. The van der Waals surface area contributed by atoms with Crippen molar-refractivity contribution in [3.8, 4) is 5.75 Å². The highest BCUT2D eigenvalue weighted by Gasteiger charge is 2.40. The number of anilines is 1. The molecule has 2 heterocycles. The molecule has 37 heavy (non-hydrogen) atoms. The van der Waals surface area contributed by atoms with Gasteiger partial charge in [0, 0.05) is 44.2 Å². The van der Waals surface area contributed by atoms with E-state index < -0.39 is 36.4 Å². The van der Waals surface area contributed by atoms with Crippen LogP contribution in [0.5, 0.6) is 5.75 Å². The summed E-state index contributed by atoms with van der Waals surface area (Å²) in [7, 11) is 1.68. The van der Waals surface area contributed by atoms with Gasteiger partial charge >= 0.3 is 17.9 Å². The Bertz CT molecular complexity index is 1010. The molecule has 1 atom stereocenters. The van der Waals surface area contributed by atoms with Crippen LogP contribution in [0.3, 0.4) is 0 Å². The molecule has 6 N–H and O–H groups in total. The maximum atomic E-state index is 10.3. The minimum atomic E-state index is -2.74. The van der Waals surface area contributed by atoms with Gasteiger partial charge in [0.25, 0.3) is 0 Å². The molecule has 0 radical (unpaired) electrons. The first kappa shape index (κ1) is 29.4. The van der Waals surface area contributed by atoms with E-state index in [9.17, 15) is 14.4 Å². The fourth-order valence-corrected chi connectivity index (χ4v) is 3.67. The van der Waals surface area contributed by atoms with Gasteiger partial charge in [0.1, 0.15) is 5.75 Å². The second-order valence-corrected chi connectivity index (χ2v) is 8.58. The smallest absolute Gasteiger partial charge is 0.336 e. The molecular weight excluding hydrogens is 488 g/mol. The molecule has 2 aromatic rings. The Labute approximate surface area is 213 Å². The molecule has 0 spiro atoms. The predicted molar refractivity (Wildman–Crippen MR) is 130 cm³/mol. The third-order valence-electron chi connectivity index (χ3n) is 5.47. The van der Waals surface area contributed by atoms with Crippen LogP contribution in [0.4, 0.5) is 5.95 Å². The summed E-state index contributed by atoms with van der Waals surface area (Å²) in [6.45, 7) is 3.38. The lowest BCUT2D eigenvalue weighted by Gasteiger charge is -2.25. The van der Waals surface area contributed by atoms with Gasteiger partial charge in [-0.3, -0.25) is 14.5 Å². The van der Waals surface area contributed by atoms with Crippen molar-refractivity contribution in [2.75, 3.05) is 26.0 Å². The number of hydrogen-bond acceptors (Lipinski definition) is 10. The zero-order valence-electron chi connectivity index (χ0n) is 20.4. The van der Waals surface area contributed by atoms with Crippen molar-refractivity contribution in [3.63, 3.8) is 0 Å². The van der Waals surface area contributed by atoms with Gasteiger partial charge in [-0.1, -0.05) is 12.1 Å². The number of aromatic nitrogens is 2. The van der Waals surface area contributed by atoms with E-state index in [2.05, 4.69) is 27.0 Å². The van der Waals surface area contributed by atoms with Gasteiger partial charge in [0.05, 0.1) is 26.1 Å². The maximum Gasteiger partial charge on any atom is 0.336 e. The van der Waals surface area contributed by atoms with Crippen molar-refractivity contribution in [3.05, 3.63) is 47.8 Å². The Balaban J connectivity index is 0.000000317. The monoisotopic (exact) mass is 520 g/mol. The number of rotatable bonds is 12. The summed E-state index contributed by atoms with van der Waals surface area (Å²) < 4.78 is 11.0. The number of aliphatic hydroxyl groups is 1. The zero-order valence-corrected chi connectivity index (χ0v) is 20.4. The number of ether oxygens (including phenoxy) is 2. The number of methoxy groups -OCH3 is 1. The molecule has 13 heteroatoms. The number of nitrogens with zero attached hydrogens (tertiary/aromatic N) is 3. The second kappa shape index (κ2) is 14.1. The van der Waals surface area contributed by atoms with Gasteiger partial charge in [-0.2, -0.15) is 0 Å². The molecule has 0 saturated carbocycles. The minimum absolute atomic E-state index is 0.304. The highest BCUT2D eigenvalue weighted by Crippen LogP contribution is 2.19. The Morgan fingerprint density at radius 1 is 1.05 bits per heavy atom. The van der Waals surface area contributed by atoms with Crippen molar-refractivity contribution >= 4 is 23.9 Å². The van der Waals surface area contributed by atoms with Crippen LogP contribution < -0.4 is 10.5 Å². The first-order valence-corrected chi connectivity index (χ1v) is 11.4. The predicted octanol–water partition coefficient (Wildman–Crippen LogP) is 1.00. The Kier molecular flexibility index (Phi) is 11.2. The summed E-state index contributed by atoms with van der Waals surface area (Å²) in [5.74, 6) is -3.84. The van der Waals surface area contributed by atoms with Crippen LogP contribution in [-0.2, 0) is 32.2 Å². The summed E-state index contributed by atoms with van der Waals surface area (Å²) in [4.78, 5) is 41.0. The maximum absolute atomic E-state index is 10.3. The van der Waals surface area contributed by atoms with Crippen LogP contribution >= 0.6 is 0 Å². The first-order valence-electron chi connectivity index (χ1n) is 11.4. The zero-order chi connectivity index (χ0) is 27.4. The lowest BCUT2D eigenvalue weighted by atomic mass is 9.96. The molecule has 13 nitrogen and oxygen atoms in total. The molecule has 3 rings (SSSR count). The number of hydrogen-bond donors (Lipinski definition) is 5. The number of carboxylic acids is 3. The van der Waals surface area contributed by atoms with Crippen LogP contribution in [0.1, 0.15) is 36.8 Å². The minimum Gasteiger partial charge on any atom is -0.497 e. The Morgan fingerprint density at radius 2 is 1.62 bits per heavy atom. The van der Waals surface area contributed by atoms with Gasteiger partial charge in [-0.05, 0) is 30.5 Å². The van der Waals surface area contributed by atoms with E-state index in [1.165, 1.54) is 5.56 Å². The lowest BCUT2D eigenvalue weighted by molar-refractivity contribution is -0.170. The van der Waals surface area contributed by atoms with Crippen molar-refractivity contribution < 1.29 is 44.3 Å². The summed E-state index contributed by atoms with van der Waals surface area (Å²) in [5, 5.41) is 33.8. The van der Waals surface area contributed by atoms with Gasteiger partial charge in [0.15, 0.2) is 5.60 Å². The number of benzene rings is 1. The molecule has 1 aliphatic rings. The van der Waals surface area contributed by atoms with Crippen LogP contribution in [0.15, 0.2) is 36.7 Å². The molecule has 1 aromatic carbocycles. The fourth-order valence-electron chi connectivity index (χ4n) is 3.67. The molecule has 0 aliphatic carbocycles. The second-order valence-electron chi connectivity index (χ2n) is 8.58. The first-order chi connectivity index (χ1) is 17.5. The highest BCUT2D eigenvalue weighted by molar-refractivity contribution is 5.88. The van der Waals surface area contributed by atoms with Crippen LogP contribution in [0.2, 0.25) is 0 Å². The van der Waals surface area contributed by atoms with Gasteiger partial charge in [-0.25, -0.2) is 14.8 Å². The van der Waals surface area contributed by atoms with Gasteiger partial charge in [-0.15, -0.1) is 0 Å². The Morgan fingerprint density at radius 3 is 2.08 bits per heavy atom. The normalized spacial score (nSPS) is 15.1. The fraction of sp³-hybridized carbons (Fsp3) is 0.458. The number of nitrogen functional groups attached to an aromatic ring is 1. The van der Waals surface area contributed by atoms with E-state index in [1.54, 1.807) is 19.5 Å². The van der Waals surface area contributed by atoms with Crippen molar-refractivity contribution in [2.24, 2.45) is 0 Å². The van der Waals surface area contributed by atoms with Crippen molar-refractivity contribution in [1.82, 2.24) is 14.9 Å². The summed E-state index contributed by atoms with van der Waals surface area (Å²) in [5.41, 5.74) is 5.13. The third-order valence-corrected chi connectivity index (χ3v) is 5.47. The quantitative estimate of drug-likeness (QED) is 0.265. The molecule has 0 amide bonds. The SMILES string of the molecule is COc1ccc(CN(Cc2cnc(N)nc2)CC2CCCO2)cc1.O=C(O)CC(O)(CC(=O)O)C(=O)O. The third kappa shape index (κ3) is 10.4. The standard InChI is InChI=1S/C18H24N4O2.C6H8O7/c1-23-16-6-4-14(5-7-16)11-22(13-17-3-2-8-24-17)12-15-9-20-18(19)21-10-15;7-3(8)1-6(13,5(11)12)2-4(9)10/h4-7,9-10,17H,2-3,8,11-13H2,1H3,(H2,19,20,21);13H,1-2H2,(H,7,8)(H,9,10)(H,11,12).